The summed E-state index contributed by atoms with van der Waals surface area (Å²) in [6, 6.07) is 0. The molecular formula is C24H38N2O5. The first-order chi connectivity index (χ1) is 14.7. The molecule has 3 rings (SSSR count). The lowest BCUT2D eigenvalue weighted by atomic mass is 9.67. The van der Waals surface area contributed by atoms with Gasteiger partial charge in [-0.15, -0.1) is 0 Å². The predicted octanol–water partition coefficient (Wildman–Crippen LogP) is 2.67. The molecule has 1 N–H and O–H groups in total. The SMILES string of the molecule is CCOC(=O)C1=C(COCCN2CCOCC2)NC2=C(C(=O)CC(C)(C)C2)C1C(C)C. The van der Waals surface area contributed by atoms with Crippen LogP contribution in [-0.2, 0) is 23.8 Å². The van der Waals surface area contributed by atoms with Crippen molar-refractivity contribution < 1.29 is 23.8 Å². The Kier molecular flexibility index (Phi) is 7.94. The minimum Gasteiger partial charge on any atom is -0.463 e. The number of ketones is 1. The van der Waals surface area contributed by atoms with Gasteiger partial charge in [-0.2, -0.15) is 0 Å². The quantitative estimate of drug-likeness (QED) is 0.465. The molecule has 1 saturated heterocycles. The van der Waals surface area contributed by atoms with Gasteiger partial charge in [-0.25, -0.2) is 4.79 Å². The van der Waals surface area contributed by atoms with E-state index in [0.717, 1.165) is 56.2 Å². The van der Waals surface area contributed by atoms with Gasteiger partial charge in [0.25, 0.3) is 0 Å². The standard InChI is InChI=1S/C24H38N2O5/c1-6-31-23(28)22-18(15-30-12-9-26-7-10-29-11-8-26)25-17-13-24(4,5)14-19(27)21(17)20(22)16(2)3/h16,20,25H,6-15H2,1-5H3. The summed E-state index contributed by atoms with van der Waals surface area (Å²) in [5.41, 5.74) is 2.89. The van der Waals surface area contributed by atoms with Gasteiger partial charge in [-0.05, 0) is 24.7 Å². The molecule has 0 aromatic heterocycles. The van der Waals surface area contributed by atoms with Crippen molar-refractivity contribution in [1.82, 2.24) is 10.2 Å². The van der Waals surface area contributed by atoms with Crippen LogP contribution in [0.3, 0.4) is 0 Å². The lowest BCUT2D eigenvalue weighted by molar-refractivity contribution is -0.139. The van der Waals surface area contributed by atoms with E-state index in [1.807, 2.05) is 0 Å². The first-order valence-corrected chi connectivity index (χ1v) is 11.5. The maximum Gasteiger partial charge on any atom is 0.336 e. The number of esters is 1. The van der Waals surface area contributed by atoms with Crippen molar-refractivity contribution in [2.24, 2.45) is 17.3 Å². The number of ether oxygens (including phenoxy) is 3. The van der Waals surface area contributed by atoms with Gasteiger partial charge < -0.3 is 19.5 Å². The number of dihydropyridines is 1. The van der Waals surface area contributed by atoms with Crippen LogP contribution >= 0.6 is 0 Å². The fourth-order valence-corrected chi connectivity index (χ4v) is 4.82. The predicted molar refractivity (Wildman–Crippen MR) is 118 cm³/mol. The topological polar surface area (TPSA) is 77.1 Å². The molecule has 0 radical (unpaired) electrons. The normalized spacial score (nSPS) is 24.3. The Morgan fingerprint density at radius 2 is 1.97 bits per heavy atom. The summed E-state index contributed by atoms with van der Waals surface area (Å²) in [5.74, 6) is -0.395. The van der Waals surface area contributed by atoms with Gasteiger partial charge in [0.1, 0.15) is 0 Å². The number of nitrogens with one attached hydrogen (secondary N) is 1. The zero-order chi connectivity index (χ0) is 22.6. The fourth-order valence-electron chi connectivity index (χ4n) is 4.82. The summed E-state index contributed by atoms with van der Waals surface area (Å²) in [6.45, 7) is 15.5. The zero-order valence-corrected chi connectivity index (χ0v) is 19.7. The molecule has 174 valence electrons. The highest BCUT2D eigenvalue weighted by atomic mass is 16.5. The van der Waals surface area contributed by atoms with Crippen LogP contribution in [0.4, 0.5) is 0 Å². The van der Waals surface area contributed by atoms with Gasteiger partial charge in [-0.1, -0.05) is 27.7 Å². The fraction of sp³-hybridized carbons (Fsp3) is 0.750. The van der Waals surface area contributed by atoms with Gasteiger partial charge in [0.15, 0.2) is 5.78 Å². The van der Waals surface area contributed by atoms with Crippen molar-refractivity contribution in [1.29, 1.82) is 0 Å². The minimum absolute atomic E-state index is 0.0972. The second-order valence-electron chi connectivity index (χ2n) is 9.80. The van der Waals surface area contributed by atoms with Gasteiger partial charge in [0.05, 0.1) is 44.3 Å². The molecule has 3 aliphatic rings. The van der Waals surface area contributed by atoms with Crippen molar-refractivity contribution in [3.05, 3.63) is 22.5 Å². The minimum atomic E-state index is -0.357. The molecule has 1 unspecified atom stereocenters. The van der Waals surface area contributed by atoms with E-state index in [-0.39, 0.29) is 29.0 Å². The first-order valence-electron chi connectivity index (χ1n) is 11.5. The van der Waals surface area contributed by atoms with Crippen LogP contribution in [0.1, 0.15) is 47.5 Å². The molecule has 0 amide bonds. The molecular weight excluding hydrogens is 396 g/mol. The summed E-state index contributed by atoms with van der Waals surface area (Å²) in [5, 5.41) is 3.43. The number of hydrogen-bond donors (Lipinski definition) is 1. The lowest BCUT2D eigenvalue weighted by Gasteiger charge is -2.41. The lowest BCUT2D eigenvalue weighted by Crippen LogP contribution is -2.42. The summed E-state index contributed by atoms with van der Waals surface area (Å²) in [6.07, 6.45) is 1.28. The summed E-state index contributed by atoms with van der Waals surface area (Å²) in [7, 11) is 0. The number of allylic oxidation sites excluding steroid dienone is 2. The zero-order valence-electron chi connectivity index (χ0n) is 19.7. The molecule has 2 heterocycles. The number of Topliss-reactive ketones (excluding diaryl/α,β-unsaturated/α-hetero) is 1. The van der Waals surface area contributed by atoms with E-state index in [9.17, 15) is 9.59 Å². The van der Waals surface area contributed by atoms with Gasteiger partial charge in [0, 0.05) is 43.2 Å². The molecule has 2 aliphatic heterocycles. The number of carbonyl (C=O) groups is 2. The van der Waals surface area contributed by atoms with Crippen LogP contribution < -0.4 is 5.32 Å². The summed E-state index contributed by atoms with van der Waals surface area (Å²) in [4.78, 5) is 28.4. The number of morpholine rings is 1. The molecule has 1 fully saturated rings. The van der Waals surface area contributed by atoms with Crippen molar-refractivity contribution in [2.75, 3.05) is 52.7 Å². The van der Waals surface area contributed by atoms with E-state index in [1.165, 1.54) is 0 Å². The Labute approximate surface area is 186 Å². The molecule has 7 nitrogen and oxygen atoms in total. The summed E-state index contributed by atoms with van der Waals surface area (Å²) < 4.78 is 16.8. The molecule has 31 heavy (non-hydrogen) atoms. The Balaban J connectivity index is 1.81. The average Bonchev–Trinajstić information content (AvgIpc) is 2.70. The Morgan fingerprint density at radius 3 is 2.61 bits per heavy atom. The average molecular weight is 435 g/mol. The van der Waals surface area contributed by atoms with E-state index in [0.29, 0.717) is 31.8 Å². The van der Waals surface area contributed by atoms with Gasteiger partial charge >= 0.3 is 5.97 Å². The first kappa shape index (κ1) is 24.0. The monoisotopic (exact) mass is 434 g/mol. The molecule has 0 saturated carbocycles. The maximum atomic E-state index is 13.1. The second kappa shape index (κ2) is 10.3. The third kappa shape index (κ3) is 5.76. The van der Waals surface area contributed by atoms with Crippen molar-refractivity contribution in [3.8, 4) is 0 Å². The Morgan fingerprint density at radius 1 is 1.26 bits per heavy atom. The van der Waals surface area contributed by atoms with E-state index < -0.39 is 0 Å². The van der Waals surface area contributed by atoms with Crippen LogP contribution in [0.25, 0.3) is 0 Å². The number of carbonyl (C=O) groups excluding carboxylic acids is 2. The maximum absolute atomic E-state index is 13.1. The smallest absolute Gasteiger partial charge is 0.336 e. The molecule has 1 atom stereocenters. The molecule has 0 aromatic rings. The van der Waals surface area contributed by atoms with Crippen LogP contribution in [0.5, 0.6) is 0 Å². The van der Waals surface area contributed by atoms with Crippen molar-refractivity contribution in [3.63, 3.8) is 0 Å². The van der Waals surface area contributed by atoms with E-state index in [2.05, 4.69) is 37.9 Å². The van der Waals surface area contributed by atoms with Crippen LogP contribution in [0.2, 0.25) is 0 Å². The van der Waals surface area contributed by atoms with E-state index in [1.54, 1.807) is 6.92 Å². The number of nitrogens with zero attached hydrogens (tertiary/aromatic N) is 1. The molecule has 0 spiro atoms. The summed E-state index contributed by atoms with van der Waals surface area (Å²) >= 11 is 0. The third-order valence-corrected chi connectivity index (χ3v) is 6.23. The highest BCUT2D eigenvalue weighted by Gasteiger charge is 2.44. The molecule has 0 bridgehead atoms. The highest BCUT2D eigenvalue weighted by molar-refractivity contribution is 6.02. The Hall–Kier alpha value is -1.70. The van der Waals surface area contributed by atoms with Crippen molar-refractivity contribution in [2.45, 2.75) is 47.5 Å². The van der Waals surface area contributed by atoms with Crippen LogP contribution in [0.15, 0.2) is 22.5 Å². The molecule has 1 aliphatic carbocycles. The third-order valence-electron chi connectivity index (χ3n) is 6.23. The van der Waals surface area contributed by atoms with Crippen LogP contribution in [0, 0.1) is 17.3 Å². The van der Waals surface area contributed by atoms with Crippen LogP contribution in [-0.4, -0.2) is 69.3 Å². The highest BCUT2D eigenvalue weighted by Crippen LogP contribution is 2.45. The largest absolute Gasteiger partial charge is 0.463 e. The molecule has 7 heteroatoms. The number of rotatable bonds is 8. The van der Waals surface area contributed by atoms with Crippen molar-refractivity contribution >= 4 is 11.8 Å². The van der Waals surface area contributed by atoms with E-state index >= 15 is 0 Å². The van der Waals surface area contributed by atoms with E-state index in [4.69, 9.17) is 14.2 Å². The number of hydrogen-bond acceptors (Lipinski definition) is 7. The molecule has 0 aromatic carbocycles. The second-order valence-corrected chi connectivity index (χ2v) is 9.80. The van der Waals surface area contributed by atoms with Gasteiger partial charge in [0.2, 0.25) is 0 Å². The van der Waals surface area contributed by atoms with Gasteiger partial charge in [-0.3, -0.25) is 9.69 Å². The Bertz CT molecular complexity index is 747.